The molecule has 1 rings (SSSR count). The van der Waals surface area contributed by atoms with Gasteiger partial charge in [-0.25, -0.2) is 0 Å². The number of ether oxygens (including phenoxy) is 1. The van der Waals surface area contributed by atoms with Crippen molar-refractivity contribution in [1.82, 2.24) is 4.98 Å². The van der Waals surface area contributed by atoms with Gasteiger partial charge in [0.05, 0.1) is 6.61 Å². The average Bonchev–Trinajstić information content (AvgIpc) is 2.18. The van der Waals surface area contributed by atoms with Crippen LogP contribution in [-0.2, 0) is 4.74 Å². The Hall–Kier alpha value is -1.31. The van der Waals surface area contributed by atoms with Gasteiger partial charge in [-0.15, -0.1) is 0 Å². The maximum atomic E-state index is 5.49. The highest BCUT2D eigenvalue weighted by molar-refractivity contribution is 5.56. The fraction of sp³-hybridized carbons (Fsp3) is 0.417. The van der Waals surface area contributed by atoms with Crippen molar-refractivity contribution >= 4 is 5.76 Å². The lowest BCUT2D eigenvalue weighted by Gasteiger charge is -2.09. The molecule has 0 saturated heterocycles. The van der Waals surface area contributed by atoms with E-state index in [9.17, 15) is 0 Å². The van der Waals surface area contributed by atoms with E-state index in [2.05, 4.69) is 18.5 Å². The third-order valence-electron chi connectivity index (χ3n) is 2.05. The largest absolute Gasteiger partial charge is 0.492 e. The van der Waals surface area contributed by atoms with Crippen molar-refractivity contribution in [2.45, 2.75) is 26.7 Å². The van der Waals surface area contributed by atoms with Gasteiger partial charge in [0.1, 0.15) is 11.5 Å². The van der Waals surface area contributed by atoms with E-state index in [0.29, 0.717) is 5.76 Å². The molecule has 1 heterocycles. The number of aromatic nitrogens is 1. The molecule has 0 spiro atoms. The van der Waals surface area contributed by atoms with Crippen molar-refractivity contribution in [1.29, 1.82) is 0 Å². The van der Waals surface area contributed by atoms with Crippen LogP contribution in [0.3, 0.4) is 0 Å². The second-order valence-electron chi connectivity index (χ2n) is 3.29. The molecule has 76 valence electrons. The summed E-state index contributed by atoms with van der Waals surface area (Å²) in [5.41, 5.74) is 1.97. The van der Waals surface area contributed by atoms with Crippen LogP contribution in [0.25, 0.3) is 5.76 Å². The van der Waals surface area contributed by atoms with Crippen LogP contribution < -0.4 is 0 Å². The minimum Gasteiger partial charge on any atom is -0.492 e. The highest BCUT2D eigenvalue weighted by Crippen LogP contribution is 2.15. The summed E-state index contributed by atoms with van der Waals surface area (Å²) in [7, 11) is 0. The van der Waals surface area contributed by atoms with Crippen LogP contribution in [0.2, 0.25) is 0 Å². The van der Waals surface area contributed by atoms with Gasteiger partial charge in [-0.2, -0.15) is 0 Å². The summed E-state index contributed by atoms with van der Waals surface area (Å²) >= 11 is 0. The van der Waals surface area contributed by atoms with Gasteiger partial charge in [-0.05, 0) is 25.0 Å². The van der Waals surface area contributed by atoms with E-state index < -0.39 is 0 Å². The normalized spacial score (nSPS) is 9.86. The van der Waals surface area contributed by atoms with E-state index in [1.165, 1.54) is 0 Å². The molecular formula is C12H17NO. The van der Waals surface area contributed by atoms with E-state index in [4.69, 9.17) is 4.74 Å². The van der Waals surface area contributed by atoms with Gasteiger partial charge >= 0.3 is 0 Å². The molecule has 1 aromatic rings. The predicted octanol–water partition coefficient (Wildman–Crippen LogP) is 3.18. The first kappa shape index (κ1) is 10.8. The molecule has 2 heteroatoms. The number of pyridine rings is 1. The van der Waals surface area contributed by atoms with Crippen molar-refractivity contribution in [2.24, 2.45) is 0 Å². The second kappa shape index (κ2) is 5.43. The summed E-state index contributed by atoms with van der Waals surface area (Å²) in [5.74, 6) is 0.677. The van der Waals surface area contributed by atoms with Crippen molar-refractivity contribution in [3.63, 3.8) is 0 Å². The molecule has 0 fully saturated rings. The SMILES string of the molecule is C=C(OCCCC)c1ncccc1C. The molecular weight excluding hydrogens is 174 g/mol. The molecule has 0 amide bonds. The molecule has 0 bridgehead atoms. The molecule has 14 heavy (non-hydrogen) atoms. The fourth-order valence-electron chi connectivity index (χ4n) is 1.19. The first-order chi connectivity index (χ1) is 6.75. The van der Waals surface area contributed by atoms with E-state index >= 15 is 0 Å². The van der Waals surface area contributed by atoms with Crippen LogP contribution in [0.4, 0.5) is 0 Å². The molecule has 0 aliphatic heterocycles. The Morgan fingerprint density at radius 1 is 1.57 bits per heavy atom. The first-order valence-electron chi connectivity index (χ1n) is 4.99. The van der Waals surface area contributed by atoms with E-state index in [1.807, 2.05) is 19.1 Å². The Bertz CT molecular complexity index is 307. The van der Waals surface area contributed by atoms with Crippen LogP contribution in [-0.4, -0.2) is 11.6 Å². The highest BCUT2D eigenvalue weighted by atomic mass is 16.5. The fourth-order valence-corrected chi connectivity index (χ4v) is 1.19. The van der Waals surface area contributed by atoms with Crippen LogP contribution in [0.5, 0.6) is 0 Å². The summed E-state index contributed by atoms with van der Waals surface area (Å²) in [6, 6.07) is 3.93. The summed E-state index contributed by atoms with van der Waals surface area (Å²) in [6.07, 6.45) is 3.95. The maximum Gasteiger partial charge on any atom is 0.138 e. The summed E-state index contributed by atoms with van der Waals surface area (Å²) in [5, 5.41) is 0. The Morgan fingerprint density at radius 2 is 2.36 bits per heavy atom. The monoisotopic (exact) mass is 191 g/mol. The third kappa shape index (κ3) is 2.87. The van der Waals surface area contributed by atoms with E-state index in [0.717, 1.165) is 30.7 Å². The Morgan fingerprint density at radius 3 is 3.00 bits per heavy atom. The molecule has 0 radical (unpaired) electrons. The standard InChI is InChI=1S/C12H17NO/c1-4-5-9-14-11(3)12-10(2)7-6-8-13-12/h6-8H,3-5,9H2,1-2H3. The topological polar surface area (TPSA) is 22.1 Å². The third-order valence-corrected chi connectivity index (χ3v) is 2.05. The Balaban J connectivity index is 2.56. The quantitative estimate of drug-likeness (QED) is 0.526. The Labute approximate surface area is 85.6 Å². The van der Waals surface area contributed by atoms with Gasteiger partial charge < -0.3 is 4.74 Å². The molecule has 0 atom stereocenters. The maximum absolute atomic E-state index is 5.49. The number of hydrogen-bond donors (Lipinski definition) is 0. The molecule has 2 nitrogen and oxygen atoms in total. The van der Waals surface area contributed by atoms with Crippen LogP contribution in [0.15, 0.2) is 24.9 Å². The zero-order valence-corrected chi connectivity index (χ0v) is 8.92. The lowest BCUT2D eigenvalue weighted by Crippen LogP contribution is -1.97. The molecule has 0 aliphatic carbocycles. The average molecular weight is 191 g/mol. The first-order valence-corrected chi connectivity index (χ1v) is 4.99. The van der Waals surface area contributed by atoms with Gasteiger partial charge in [-0.3, -0.25) is 4.98 Å². The molecule has 0 N–H and O–H groups in total. The van der Waals surface area contributed by atoms with Crippen LogP contribution in [0.1, 0.15) is 31.0 Å². The summed E-state index contributed by atoms with van der Waals surface area (Å²) in [6.45, 7) is 8.75. The van der Waals surface area contributed by atoms with Gasteiger partial charge in [0.25, 0.3) is 0 Å². The number of unbranched alkanes of at least 4 members (excludes halogenated alkanes) is 1. The van der Waals surface area contributed by atoms with Crippen molar-refractivity contribution < 1.29 is 4.74 Å². The zero-order valence-electron chi connectivity index (χ0n) is 8.92. The highest BCUT2D eigenvalue weighted by Gasteiger charge is 2.03. The minimum absolute atomic E-state index is 0.677. The second-order valence-corrected chi connectivity index (χ2v) is 3.29. The molecule has 0 unspecified atom stereocenters. The van der Waals surface area contributed by atoms with E-state index in [1.54, 1.807) is 6.20 Å². The number of aryl methyl sites for hydroxylation is 1. The molecule has 0 saturated carbocycles. The van der Waals surface area contributed by atoms with Crippen LogP contribution >= 0.6 is 0 Å². The summed E-state index contributed by atoms with van der Waals surface area (Å²) < 4.78 is 5.49. The smallest absolute Gasteiger partial charge is 0.138 e. The summed E-state index contributed by atoms with van der Waals surface area (Å²) in [4.78, 5) is 4.23. The van der Waals surface area contributed by atoms with Crippen molar-refractivity contribution in [3.05, 3.63) is 36.2 Å². The van der Waals surface area contributed by atoms with Gasteiger partial charge in [0.2, 0.25) is 0 Å². The van der Waals surface area contributed by atoms with Crippen molar-refractivity contribution in [2.75, 3.05) is 6.61 Å². The lowest BCUT2D eigenvalue weighted by molar-refractivity contribution is 0.270. The van der Waals surface area contributed by atoms with Gasteiger partial charge in [0.15, 0.2) is 0 Å². The van der Waals surface area contributed by atoms with Crippen LogP contribution in [0, 0.1) is 6.92 Å². The number of rotatable bonds is 5. The van der Waals surface area contributed by atoms with Crippen molar-refractivity contribution in [3.8, 4) is 0 Å². The number of nitrogens with zero attached hydrogens (tertiary/aromatic N) is 1. The predicted molar refractivity (Wildman–Crippen MR) is 58.9 cm³/mol. The number of hydrogen-bond acceptors (Lipinski definition) is 2. The van der Waals surface area contributed by atoms with Gasteiger partial charge in [0, 0.05) is 6.20 Å². The molecule has 0 aromatic carbocycles. The Kier molecular flexibility index (Phi) is 4.17. The lowest BCUT2D eigenvalue weighted by atomic mass is 10.2. The zero-order chi connectivity index (χ0) is 10.4. The molecule has 1 aromatic heterocycles. The van der Waals surface area contributed by atoms with E-state index in [-0.39, 0.29) is 0 Å². The van der Waals surface area contributed by atoms with Gasteiger partial charge in [-0.1, -0.05) is 26.0 Å². The molecule has 0 aliphatic rings. The minimum atomic E-state index is 0.677.